The summed E-state index contributed by atoms with van der Waals surface area (Å²) in [6.45, 7) is 0. The van der Waals surface area contributed by atoms with Gasteiger partial charge in [-0.25, -0.2) is 0 Å². The van der Waals surface area contributed by atoms with E-state index in [1.165, 1.54) is 19.1 Å². The van der Waals surface area contributed by atoms with E-state index >= 15 is 0 Å². The maximum Gasteiger partial charge on any atom is 0.300 e. The molecule has 3 aromatic rings. The molecule has 1 fully saturated rings. The number of anilines is 1. The maximum atomic E-state index is 13.1. The van der Waals surface area contributed by atoms with E-state index in [-0.39, 0.29) is 11.3 Å². The van der Waals surface area contributed by atoms with Crippen molar-refractivity contribution in [3.8, 4) is 11.5 Å². The van der Waals surface area contributed by atoms with E-state index in [9.17, 15) is 14.7 Å². The smallest absolute Gasteiger partial charge is 0.300 e. The topological polar surface area (TPSA) is 76.1 Å². The maximum absolute atomic E-state index is 13.1. The van der Waals surface area contributed by atoms with E-state index in [2.05, 4.69) is 0 Å². The summed E-state index contributed by atoms with van der Waals surface area (Å²) in [5.41, 5.74) is 1.48. The van der Waals surface area contributed by atoms with E-state index in [0.29, 0.717) is 33.3 Å². The molecule has 0 saturated carbocycles. The van der Waals surface area contributed by atoms with Crippen LogP contribution in [-0.4, -0.2) is 31.0 Å². The van der Waals surface area contributed by atoms with Crippen LogP contribution < -0.4 is 14.4 Å². The lowest BCUT2D eigenvalue weighted by Gasteiger charge is -2.26. The lowest BCUT2D eigenvalue weighted by Crippen LogP contribution is -2.29. The summed E-state index contributed by atoms with van der Waals surface area (Å²) in [5.74, 6) is -0.841. The molecule has 7 heteroatoms. The van der Waals surface area contributed by atoms with Gasteiger partial charge in [0.15, 0.2) is 11.5 Å². The Morgan fingerprint density at radius 1 is 0.906 bits per heavy atom. The fourth-order valence-corrected chi connectivity index (χ4v) is 3.91. The molecule has 4 rings (SSSR count). The zero-order valence-electron chi connectivity index (χ0n) is 17.4. The van der Waals surface area contributed by atoms with Crippen molar-refractivity contribution >= 4 is 34.7 Å². The Morgan fingerprint density at radius 3 is 2.19 bits per heavy atom. The van der Waals surface area contributed by atoms with Gasteiger partial charge < -0.3 is 14.6 Å². The Hall–Kier alpha value is -3.77. The Morgan fingerprint density at radius 2 is 1.56 bits per heavy atom. The first-order valence-corrected chi connectivity index (χ1v) is 10.2. The number of rotatable bonds is 5. The van der Waals surface area contributed by atoms with Crippen molar-refractivity contribution in [3.05, 3.63) is 94.5 Å². The molecule has 162 valence electrons. The number of methoxy groups -OCH3 is 2. The third-order valence-electron chi connectivity index (χ3n) is 5.32. The molecule has 0 aromatic heterocycles. The summed E-state index contributed by atoms with van der Waals surface area (Å²) < 4.78 is 10.7. The van der Waals surface area contributed by atoms with Gasteiger partial charge in [-0.3, -0.25) is 14.5 Å². The second-order valence-electron chi connectivity index (χ2n) is 7.13. The Bertz CT molecular complexity index is 1200. The number of nitrogens with zero attached hydrogens (tertiary/aromatic N) is 1. The normalized spacial score (nSPS) is 17.5. The van der Waals surface area contributed by atoms with E-state index in [1.807, 2.05) is 6.07 Å². The first-order valence-electron chi connectivity index (χ1n) is 9.80. The van der Waals surface area contributed by atoms with Crippen molar-refractivity contribution in [1.82, 2.24) is 0 Å². The quantitative estimate of drug-likeness (QED) is 0.337. The minimum atomic E-state index is -0.868. The van der Waals surface area contributed by atoms with Crippen molar-refractivity contribution in [2.45, 2.75) is 6.04 Å². The van der Waals surface area contributed by atoms with Gasteiger partial charge in [0, 0.05) is 16.3 Å². The van der Waals surface area contributed by atoms with Crippen LogP contribution in [-0.2, 0) is 9.59 Å². The van der Waals surface area contributed by atoms with Gasteiger partial charge in [-0.05, 0) is 54.1 Å². The SMILES string of the molecule is COc1ccc(C2C(=C(O)c3ccc(Cl)cc3)C(=O)C(=O)N2c2ccccc2)cc1OC. The van der Waals surface area contributed by atoms with Crippen molar-refractivity contribution in [2.24, 2.45) is 0 Å². The largest absolute Gasteiger partial charge is 0.507 e. The fourth-order valence-electron chi connectivity index (χ4n) is 3.79. The Balaban J connectivity index is 1.96. The lowest BCUT2D eigenvalue weighted by molar-refractivity contribution is -0.132. The molecule has 1 amide bonds. The highest BCUT2D eigenvalue weighted by molar-refractivity contribution is 6.51. The van der Waals surface area contributed by atoms with E-state index < -0.39 is 17.7 Å². The van der Waals surface area contributed by atoms with Gasteiger partial charge in [0.2, 0.25) is 0 Å². The number of para-hydroxylation sites is 1. The number of carbonyl (C=O) groups excluding carboxylic acids is 2. The number of ether oxygens (including phenoxy) is 2. The Kier molecular flexibility index (Phi) is 5.88. The molecule has 1 N–H and O–H groups in total. The van der Waals surface area contributed by atoms with E-state index in [4.69, 9.17) is 21.1 Å². The van der Waals surface area contributed by atoms with Crippen molar-refractivity contribution in [3.63, 3.8) is 0 Å². The monoisotopic (exact) mass is 449 g/mol. The zero-order chi connectivity index (χ0) is 22.8. The van der Waals surface area contributed by atoms with Gasteiger partial charge in [-0.2, -0.15) is 0 Å². The van der Waals surface area contributed by atoms with E-state index in [1.54, 1.807) is 66.7 Å². The molecule has 0 bridgehead atoms. The second kappa shape index (κ2) is 8.77. The van der Waals surface area contributed by atoms with Crippen LogP contribution in [0.4, 0.5) is 5.69 Å². The first kappa shape index (κ1) is 21.5. The predicted octanol–water partition coefficient (Wildman–Crippen LogP) is 4.98. The molecule has 1 atom stereocenters. The van der Waals surface area contributed by atoms with Gasteiger partial charge in [0.05, 0.1) is 25.8 Å². The van der Waals surface area contributed by atoms with Gasteiger partial charge in [-0.1, -0.05) is 35.9 Å². The molecular formula is C25H20ClNO5. The number of aliphatic hydroxyl groups is 1. The van der Waals surface area contributed by atoms with E-state index in [0.717, 1.165) is 0 Å². The summed E-state index contributed by atoms with van der Waals surface area (Å²) in [4.78, 5) is 27.6. The van der Waals surface area contributed by atoms with Crippen LogP contribution in [0.5, 0.6) is 11.5 Å². The van der Waals surface area contributed by atoms with Crippen molar-refractivity contribution < 1.29 is 24.2 Å². The van der Waals surface area contributed by atoms with Crippen LogP contribution in [0.25, 0.3) is 5.76 Å². The number of hydrogen-bond acceptors (Lipinski definition) is 5. The Labute approximate surface area is 190 Å². The summed E-state index contributed by atoms with van der Waals surface area (Å²) >= 11 is 5.96. The highest BCUT2D eigenvalue weighted by atomic mass is 35.5. The lowest BCUT2D eigenvalue weighted by atomic mass is 9.94. The number of ketones is 1. The predicted molar refractivity (Wildman–Crippen MR) is 122 cm³/mol. The first-order chi connectivity index (χ1) is 15.5. The number of halogens is 1. The average molecular weight is 450 g/mol. The minimum absolute atomic E-state index is 0.0200. The number of Topliss-reactive ketones (excluding diaryl/α,β-unsaturated/α-hetero) is 1. The fraction of sp³-hybridized carbons (Fsp3) is 0.120. The van der Waals surface area contributed by atoms with Crippen LogP contribution in [0.2, 0.25) is 5.02 Å². The molecule has 1 aliphatic heterocycles. The summed E-state index contributed by atoms with van der Waals surface area (Å²) in [5, 5.41) is 11.6. The number of hydrogen-bond donors (Lipinski definition) is 1. The molecule has 0 radical (unpaired) electrons. The third-order valence-corrected chi connectivity index (χ3v) is 5.57. The number of amides is 1. The third kappa shape index (κ3) is 3.69. The molecular weight excluding hydrogens is 430 g/mol. The van der Waals surface area contributed by atoms with Gasteiger partial charge in [0.25, 0.3) is 11.7 Å². The summed E-state index contributed by atoms with van der Waals surface area (Å²) in [6, 6.07) is 19.5. The second-order valence-corrected chi connectivity index (χ2v) is 7.56. The molecule has 0 aliphatic carbocycles. The van der Waals surface area contributed by atoms with Crippen LogP contribution in [0.1, 0.15) is 17.2 Å². The number of benzene rings is 3. The molecule has 1 saturated heterocycles. The molecule has 3 aromatic carbocycles. The van der Waals surface area contributed by atoms with Crippen molar-refractivity contribution in [2.75, 3.05) is 19.1 Å². The summed E-state index contributed by atoms with van der Waals surface area (Å²) in [6.07, 6.45) is 0. The van der Waals surface area contributed by atoms with Crippen molar-refractivity contribution in [1.29, 1.82) is 0 Å². The molecule has 1 heterocycles. The van der Waals surface area contributed by atoms with Crippen LogP contribution in [0.3, 0.4) is 0 Å². The molecule has 1 unspecified atom stereocenters. The average Bonchev–Trinajstić information content (AvgIpc) is 3.09. The zero-order valence-corrected chi connectivity index (χ0v) is 18.2. The van der Waals surface area contributed by atoms with Crippen LogP contribution in [0.15, 0.2) is 78.4 Å². The minimum Gasteiger partial charge on any atom is -0.507 e. The standard InChI is InChI=1S/C25H20ClNO5/c1-31-19-13-10-16(14-20(19)32-2)22-21(23(28)15-8-11-17(26)12-9-15)24(29)25(30)27(22)18-6-4-3-5-7-18/h3-14,22,28H,1-2H3. The highest BCUT2D eigenvalue weighted by Gasteiger charge is 2.47. The van der Waals surface area contributed by atoms with Crippen LogP contribution >= 0.6 is 11.6 Å². The number of aliphatic hydroxyl groups excluding tert-OH is 1. The molecule has 0 spiro atoms. The van der Waals surface area contributed by atoms with Gasteiger partial charge in [0.1, 0.15) is 5.76 Å². The molecule has 1 aliphatic rings. The van der Waals surface area contributed by atoms with Crippen LogP contribution in [0, 0.1) is 0 Å². The van der Waals surface area contributed by atoms with Gasteiger partial charge >= 0.3 is 0 Å². The highest BCUT2D eigenvalue weighted by Crippen LogP contribution is 2.44. The van der Waals surface area contributed by atoms with Gasteiger partial charge in [-0.15, -0.1) is 0 Å². The molecule has 32 heavy (non-hydrogen) atoms. The molecule has 6 nitrogen and oxygen atoms in total. The summed E-state index contributed by atoms with van der Waals surface area (Å²) in [7, 11) is 3.03. The number of carbonyl (C=O) groups is 2.